The van der Waals surface area contributed by atoms with Crippen molar-refractivity contribution in [3.63, 3.8) is 0 Å². The third-order valence-corrected chi connectivity index (χ3v) is 5.33. The van der Waals surface area contributed by atoms with Crippen LogP contribution in [0.4, 0.5) is 0 Å². The van der Waals surface area contributed by atoms with Crippen LogP contribution < -0.4 is 14.8 Å². The Balaban J connectivity index is 1.50. The van der Waals surface area contributed by atoms with Gasteiger partial charge >= 0.3 is 0 Å². The van der Waals surface area contributed by atoms with Crippen molar-refractivity contribution in [1.29, 1.82) is 0 Å². The molecule has 1 saturated heterocycles. The number of Topliss-reactive ketones (excluding diaryl/α,β-unsaturated/α-hetero) is 1. The fraction of sp³-hybridized carbons (Fsp3) is 0.400. The van der Waals surface area contributed by atoms with Gasteiger partial charge in [-0.3, -0.25) is 14.4 Å². The minimum Gasteiger partial charge on any atom is -0.493 e. The second kappa shape index (κ2) is 11.0. The molecule has 2 amide bonds. The molecule has 0 radical (unpaired) electrons. The van der Waals surface area contributed by atoms with E-state index in [1.165, 1.54) is 14.0 Å². The average molecular weight is 455 g/mol. The van der Waals surface area contributed by atoms with Crippen LogP contribution in [0.3, 0.4) is 0 Å². The van der Waals surface area contributed by atoms with E-state index >= 15 is 0 Å². The molecule has 1 heterocycles. The molecule has 33 heavy (non-hydrogen) atoms. The fourth-order valence-electron chi connectivity index (χ4n) is 3.69. The van der Waals surface area contributed by atoms with Crippen LogP contribution in [0.25, 0.3) is 0 Å². The van der Waals surface area contributed by atoms with Crippen molar-refractivity contribution in [1.82, 2.24) is 10.2 Å². The molecular weight excluding hydrogens is 424 g/mol. The summed E-state index contributed by atoms with van der Waals surface area (Å²) in [6.07, 6.45) is 0.0305. The summed E-state index contributed by atoms with van der Waals surface area (Å²) in [4.78, 5) is 38.3. The molecule has 0 aromatic heterocycles. The fourth-order valence-corrected chi connectivity index (χ4v) is 3.69. The highest BCUT2D eigenvalue weighted by molar-refractivity contribution is 5.95. The van der Waals surface area contributed by atoms with Crippen molar-refractivity contribution in [2.45, 2.75) is 39.5 Å². The van der Waals surface area contributed by atoms with Crippen molar-refractivity contribution >= 4 is 17.6 Å². The van der Waals surface area contributed by atoms with E-state index < -0.39 is 0 Å². The van der Waals surface area contributed by atoms with Crippen molar-refractivity contribution in [2.24, 2.45) is 0 Å². The Bertz CT molecular complexity index is 994. The summed E-state index contributed by atoms with van der Waals surface area (Å²) in [5.41, 5.74) is 1.98. The Labute approximate surface area is 193 Å². The molecule has 1 aliphatic rings. The van der Waals surface area contributed by atoms with Gasteiger partial charge in [0.15, 0.2) is 23.9 Å². The minimum atomic E-state index is -0.302. The number of hydrogen-bond acceptors (Lipinski definition) is 6. The molecule has 0 bridgehead atoms. The molecule has 8 nitrogen and oxygen atoms in total. The molecule has 0 spiro atoms. The maximum Gasteiger partial charge on any atom is 0.258 e. The molecular formula is C25H30N2O6. The summed E-state index contributed by atoms with van der Waals surface area (Å²) in [6, 6.07) is 12.0. The van der Waals surface area contributed by atoms with Gasteiger partial charge in [0.05, 0.1) is 19.3 Å². The van der Waals surface area contributed by atoms with Crippen LogP contribution in [0.1, 0.15) is 47.1 Å². The number of amides is 2. The standard InChI is InChI=1S/C25H30N2O6/c1-16-13-27(14-17(2)33-16)25(30)20-7-5-19(6-8-20)12-26-24(29)15-32-22-10-9-21(18(3)28)11-23(22)31-4/h5-11,16-17H,12-15H2,1-4H3,(H,26,29). The lowest BCUT2D eigenvalue weighted by atomic mass is 10.1. The molecule has 176 valence electrons. The Morgan fingerprint density at radius 1 is 1.00 bits per heavy atom. The number of benzene rings is 2. The van der Waals surface area contributed by atoms with Crippen molar-refractivity contribution in [3.05, 3.63) is 59.2 Å². The molecule has 2 aromatic rings. The molecule has 1 fully saturated rings. The van der Waals surface area contributed by atoms with E-state index in [1.54, 1.807) is 30.3 Å². The van der Waals surface area contributed by atoms with Gasteiger partial charge in [0.2, 0.25) is 0 Å². The number of nitrogens with zero attached hydrogens (tertiary/aromatic N) is 1. The maximum atomic E-state index is 12.8. The Morgan fingerprint density at radius 2 is 1.64 bits per heavy atom. The highest BCUT2D eigenvalue weighted by atomic mass is 16.5. The predicted molar refractivity (Wildman–Crippen MR) is 123 cm³/mol. The highest BCUT2D eigenvalue weighted by Crippen LogP contribution is 2.28. The van der Waals surface area contributed by atoms with Crippen LogP contribution >= 0.6 is 0 Å². The first-order valence-electron chi connectivity index (χ1n) is 10.9. The van der Waals surface area contributed by atoms with E-state index in [2.05, 4.69) is 5.32 Å². The van der Waals surface area contributed by atoms with E-state index in [0.29, 0.717) is 42.3 Å². The second-order valence-electron chi connectivity index (χ2n) is 8.15. The first-order chi connectivity index (χ1) is 15.8. The zero-order valence-corrected chi connectivity index (χ0v) is 19.4. The minimum absolute atomic E-state index is 0.0152. The number of carbonyl (C=O) groups excluding carboxylic acids is 3. The third kappa shape index (κ3) is 6.55. The molecule has 3 rings (SSSR count). The van der Waals surface area contributed by atoms with Gasteiger partial charge in [-0.2, -0.15) is 0 Å². The predicted octanol–water partition coefficient (Wildman–Crippen LogP) is 2.84. The van der Waals surface area contributed by atoms with Crippen LogP contribution in [-0.2, 0) is 16.1 Å². The smallest absolute Gasteiger partial charge is 0.258 e. The van der Waals surface area contributed by atoms with Crippen LogP contribution in [0, 0.1) is 0 Å². The summed E-state index contributed by atoms with van der Waals surface area (Å²) in [6.45, 7) is 6.65. The van der Waals surface area contributed by atoms with Crippen LogP contribution in [-0.4, -0.2) is 61.5 Å². The van der Waals surface area contributed by atoms with Crippen molar-refractivity contribution in [2.75, 3.05) is 26.8 Å². The van der Waals surface area contributed by atoms with Gasteiger partial charge in [0.1, 0.15) is 0 Å². The largest absolute Gasteiger partial charge is 0.493 e. The number of rotatable bonds is 8. The lowest BCUT2D eigenvalue weighted by Gasteiger charge is -2.35. The first kappa shape index (κ1) is 24.3. The van der Waals surface area contributed by atoms with E-state index in [0.717, 1.165) is 5.56 Å². The van der Waals surface area contributed by atoms with E-state index in [9.17, 15) is 14.4 Å². The third-order valence-electron chi connectivity index (χ3n) is 5.33. The molecule has 0 aliphatic carbocycles. The van der Waals surface area contributed by atoms with Gasteiger partial charge in [-0.25, -0.2) is 0 Å². The summed E-state index contributed by atoms with van der Waals surface area (Å²) < 4.78 is 16.5. The summed E-state index contributed by atoms with van der Waals surface area (Å²) in [7, 11) is 1.47. The number of nitrogens with one attached hydrogen (secondary N) is 1. The lowest BCUT2D eigenvalue weighted by molar-refractivity contribution is -0.123. The molecule has 1 N–H and O–H groups in total. The molecule has 2 atom stereocenters. The van der Waals surface area contributed by atoms with Gasteiger partial charge in [-0.1, -0.05) is 12.1 Å². The SMILES string of the molecule is COc1cc(C(C)=O)ccc1OCC(=O)NCc1ccc(C(=O)N2CC(C)OC(C)C2)cc1. The van der Waals surface area contributed by atoms with Crippen molar-refractivity contribution in [3.8, 4) is 11.5 Å². The number of morpholine rings is 1. The Hall–Kier alpha value is -3.39. The van der Waals surface area contributed by atoms with Gasteiger partial charge in [0.25, 0.3) is 11.8 Å². The van der Waals surface area contributed by atoms with Gasteiger partial charge in [-0.15, -0.1) is 0 Å². The van der Waals surface area contributed by atoms with Gasteiger partial charge in [-0.05, 0) is 56.7 Å². The van der Waals surface area contributed by atoms with E-state index in [1.807, 2.05) is 30.9 Å². The maximum absolute atomic E-state index is 12.8. The zero-order valence-electron chi connectivity index (χ0n) is 19.4. The monoisotopic (exact) mass is 454 g/mol. The topological polar surface area (TPSA) is 94.2 Å². The van der Waals surface area contributed by atoms with Gasteiger partial charge in [0, 0.05) is 30.8 Å². The lowest BCUT2D eigenvalue weighted by Crippen LogP contribution is -2.48. The number of hydrogen-bond donors (Lipinski definition) is 1. The number of ether oxygens (including phenoxy) is 3. The van der Waals surface area contributed by atoms with Gasteiger partial charge < -0.3 is 24.4 Å². The second-order valence-corrected chi connectivity index (χ2v) is 8.15. The van der Waals surface area contributed by atoms with E-state index in [4.69, 9.17) is 14.2 Å². The number of methoxy groups -OCH3 is 1. The summed E-state index contributed by atoms with van der Waals surface area (Å²) in [5, 5.41) is 2.79. The molecule has 2 aromatic carbocycles. The number of carbonyl (C=O) groups is 3. The van der Waals surface area contributed by atoms with Crippen LogP contribution in [0.2, 0.25) is 0 Å². The Morgan fingerprint density at radius 3 is 2.24 bits per heavy atom. The zero-order chi connectivity index (χ0) is 24.0. The van der Waals surface area contributed by atoms with E-state index in [-0.39, 0.29) is 36.4 Å². The highest BCUT2D eigenvalue weighted by Gasteiger charge is 2.26. The molecule has 0 saturated carbocycles. The normalized spacial score (nSPS) is 17.9. The van der Waals surface area contributed by atoms with Crippen LogP contribution in [0.15, 0.2) is 42.5 Å². The Kier molecular flexibility index (Phi) is 8.06. The molecule has 2 unspecified atom stereocenters. The first-order valence-corrected chi connectivity index (χ1v) is 10.9. The van der Waals surface area contributed by atoms with Crippen LogP contribution in [0.5, 0.6) is 11.5 Å². The molecule has 8 heteroatoms. The number of ketones is 1. The van der Waals surface area contributed by atoms with Crippen molar-refractivity contribution < 1.29 is 28.6 Å². The summed E-state index contributed by atoms with van der Waals surface area (Å²) in [5.74, 6) is 0.362. The molecule has 1 aliphatic heterocycles. The summed E-state index contributed by atoms with van der Waals surface area (Å²) >= 11 is 0. The quantitative estimate of drug-likeness (QED) is 0.617. The average Bonchev–Trinajstić information content (AvgIpc) is 2.80.